The summed E-state index contributed by atoms with van der Waals surface area (Å²) in [7, 11) is -3.07. The molecule has 2 aliphatic rings. The SMILES string of the molecule is CC(CNS(=O)(=O)C1CC1)NC1(c2ccccc2)CC1. The number of hydrogen-bond acceptors (Lipinski definition) is 3. The van der Waals surface area contributed by atoms with Crippen molar-refractivity contribution in [3.63, 3.8) is 0 Å². The maximum absolute atomic E-state index is 11.8. The minimum Gasteiger partial charge on any atom is -0.304 e. The molecule has 1 atom stereocenters. The van der Waals surface area contributed by atoms with Crippen LogP contribution in [0.1, 0.15) is 38.2 Å². The van der Waals surface area contributed by atoms with Crippen LogP contribution >= 0.6 is 0 Å². The van der Waals surface area contributed by atoms with Crippen molar-refractivity contribution in [2.24, 2.45) is 0 Å². The molecule has 20 heavy (non-hydrogen) atoms. The highest BCUT2D eigenvalue weighted by atomic mass is 32.2. The third-order valence-electron chi connectivity index (χ3n) is 4.15. The number of rotatable bonds is 7. The van der Waals surface area contributed by atoms with Gasteiger partial charge in [0.15, 0.2) is 0 Å². The molecule has 0 bridgehead atoms. The van der Waals surface area contributed by atoms with Crippen LogP contribution in [0.25, 0.3) is 0 Å². The smallest absolute Gasteiger partial charge is 0.214 e. The molecule has 3 rings (SSSR count). The Morgan fingerprint density at radius 1 is 1.25 bits per heavy atom. The van der Waals surface area contributed by atoms with Gasteiger partial charge in [-0.05, 0) is 38.2 Å². The standard InChI is InChI=1S/C15H22N2O2S/c1-12(11-16-20(18,19)14-7-8-14)17-15(9-10-15)13-5-3-2-4-6-13/h2-6,12,14,16-17H,7-11H2,1H3. The van der Waals surface area contributed by atoms with Gasteiger partial charge in [0.2, 0.25) is 10.0 Å². The Morgan fingerprint density at radius 2 is 1.90 bits per heavy atom. The third kappa shape index (κ3) is 3.05. The van der Waals surface area contributed by atoms with E-state index in [4.69, 9.17) is 0 Å². The molecule has 0 aromatic heterocycles. The normalized spacial score (nSPS) is 22.4. The van der Waals surface area contributed by atoms with Gasteiger partial charge in [0.25, 0.3) is 0 Å². The van der Waals surface area contributed by atoms with Crippen LogP contribution in [0.5, 0.6) is 0 Å². The van der Waals surface area contributed by atoms with E-state index in [-0.39, 0.29) is 16.8 Å². The molecular formula is C15H22N2O2S. The molecule has 0 heterocycles. The molecule has 2 saturated carbocycles. The lowest BCUT2D eigenvalue weighted by molar-refractivity contribution is 0.434. The number of sulfonamides is 1. The van der Waals surface area contributed by atoms with E-state index in [9.17, 15) is 8.42 Å². The van der Waals surface area contributed by atoms with Crippen molar-refractivity contribution < 1.29 is 8.42 Å². The number of benzene rings is 1. The lowest BCUT2D eigenvalue weighted by atomic mass is 10.0. The van der Waals surface area contributed by atoms with E-state index >= 15 is 0 Å². The van der Waals surface area contributed by atoms with Crippen LogP contribution in [0.2, 0.25) is 0 Å². The summed E-state index contributed by atoms with van der Waals surface area (Å²) in [4.78, 5) is 0. The Morgan fingerprint density at radius 3 is 2.45 bits per heavy atom. The minimum atomic E-state index is -3.07. The maximum atomic E-state index is 11.8. The van der Waals surface area contributed by atoms with Crippen molar-refractivity contribution >= 4 is 10.0 Å². The van der Waals surface area contributed by atoms with Crippen LogP contribution in [-0.4, -0.2) is 26.3 Å². The highest BCUT2D eigenvalue weighted by Crippen LogP contribution is 2.45. The summed E-state index contributed by atoms with van der Waals surface area (Å²) in [6.45, 7) is 2.51. The van der Waals surface area contributed by atoms with Gasteiger partial charge in [0, 0.05) is 18.1 Å². The second-order valence-electron chi connectivity index (χ2n) is 6.09. The van der Waals surface area contributed by atoms with E-state index in [0.29, 0.717) is 6.54 Å². The average molecular weight is 294 g/mol. The molecule has 110 valence electrons. The molecule has 4 nitrogen and oxygen atoms in total. The Bertz CT molecular complexity index is 563. The summed E-state index contributed by atoms with van der Waals surface area (Å²) in [5.74, 6) is 0. The van der Waals surface area contributed by atoms with Gasteiger partial charge in [-0.2, -0.15) is 0 Å². The molecule has 0 spiro atoms. The highest BCUT2D eigenvalue weighted by molar-refractivity contribution is 7.90. The van der Waals surface area contributed by atoms with Crippen molar-refractivity contribution in [3.05, 3.63) is 35.9 Å². The van der Waals surface area contributed by atoms with Crippen LogP contribution in [0.3, 0.4) is 0 Å². The van der Waals surface area contributed by atoms with Gasteiger partial charge in [0.05, 0.1) is 5.25 Å². The number of hydrogen-bond donors (Lipinski definition) is 2. The van der Waals surface area contributed by atoms with Gasteiger partial charge in [-0.3, -0.25) is 0 Å². The first kappa shape index (κ1) is 14.0. The van der Waals surface area contributed by atoms with Crippen molar-refractivity contribution in [2.45, 2.75) is 49.4 Å². The fourth-order valence-electron chi connectivity index (χ4n) is 2.66. The molecule has 0 radical (unpaired) electrons. The molecule has 0 aliphatic heterocycles. The van der Waals surface area contributed by atoms with Crippen molar-refractivity contribution in [3.8, 4) is 0 Å². The van der Waals surface area contributed by atoms with Gasteiger partial charge in [-0.1, -0.05) is 30.3 Å². The zero-order valence-corrected chi connectivity index (χ0v) is 12.6. The summed E-state index contributed by atoms with van der Waals surface area (Å²) in [5, 5.41) is 3.45. The Balaban J connectivity index is 1.55. The summed E-state index contributed by atoms with van der Waals surface area (Å²) < 4.78 is 26.4. The Hall–Kier alpha value is -0.910. The maximum Gasteiger partial charge on any atom is 0.214 e. The van der Waals surface area contributed by atoms with Crippen molar-refractivity contribution in [2.75, 3.05) is 6.54 Å². The largest absolute Gasteiger partial charge is 0.304 e. The highest BCUT2D eigenvalue weighted by Gasteiger charge is 2.45. The summed E-state index contributed by atoms with van der Waals surface area (Å²) >= 11 is 0. The summed E-state index contributed by atoms with van der Waals surface area (Å²) in [6, 6.07) is 10.5. The van der Waals surface area contributed by atoms with E-state index in [1.165, 1.54) is 5.56 Å². The first-order chi connectivity index (χ1) is 9.52. The quantitative estimate of drug-likeness (QED) is 0.805. The molecule has 1 aromatic rings. The van der Waals surface area contributed by atoms with Gasteiger partial charge >= 0.3 is 0 Å². The predicted molar refractivity (Wildman–Crippen MR) is 79.9 cm³/mol. The lowest BCUT2D eigenvalue weighted by Crippen LogP contribution is -2.44. The molecule has 0 saturated heterocycles. The monoisotopic (exact) mass is 294 g/mol. The van der Waals surface area contributed by atoms with Crippen LogP contribution < -0.4 is 10.0 Å². The van der Waals surface area contributed by atoms with E-state index in [1.807, 2.05) is 13.0 Å². The van der Waals surface area contributed by atoms with Crippen molar-refractivity contribution in [1.29, 1.82) is 0 Å². The molecule has 0 amide bonds. The average Bonchev–Trinajstić information content (AvgIpc) is 3.31. The second kappa shape index (κ2) is 5.13. The first-order valence-electron chi connectivity index (χ1n) is 7.34. The van der Waals surface area contributed by atoms with Crippen molar-refractivity contribution in [1.82, 2.24) is 10.0 Å². The molecular weight excluding hydrogens is 272 g/mol. The molecule has 2 N–H and O–H groups in total. The zero-order valence-electron chi connectivity index (χ0n) is 11.8. The fraction of sp³-hybridized carbons (Fsp3) is 0.600. The minimum absolute atomic E-state index is 0.0612. The van der Waals surface area contributed by atoms with Gasteiger partial charge < -0.3 is 5.32 Å². The van der Waals surface area contributed by atoms with Crippen LogP contribution in [0.15, 0.2) is 30.3 Å². The van der Waals surface area contributed by atoms with Crippen LogP contribution in [-0.2, 0) is 15.6 Å². The zero-order chi connectivity index (χ0) is 14.2. The predicted octanol–water partition coefficient (Wildman–Crippen LogP) is 1.74. The number of nitrogens with one attached hydrogen (secondary N) is 2. The first-order valence-corrected chi connectivity index (χ1v) is 8.88. The third-order valence-corrected chi connectivity index (χ3v) is 6.07. The van der Waals surface area contributed by atoms with Gasteiger partial charge in [0.1, 0.15) is 0 Å². The second-order valence-corrected chi connectivity index (χ2v) is 8.13. The van der Waals surface area contributed by atoms with E-state index in [2.05, 4.69) is 34.3 Å². The van der Waals surface area contributed by atoms with E-state index in [1.54, 1.807) is 0 Å². The van der Waals surface area contributed by atoms with Crippen LogP contribution in [0.4, 0.5) is 0 Å². The fourth-order valence-corrected chi connectivity index (χ4v) is 4.13. The molecule has 5 heteroatoms. The van der Waals surface area contributed by atoms with Gasteiger partial charge in [-0.15, -0.1) is 0 Å². The van der Waals surface area contributed by atoms with Gasteiger partial charge in [-0.25, -0.2) is 13.1 Å². The topological polar surface area (TPSA) is 58.2 Å². The Labute approximate surface area is 121 Å². The molecule has 2 fully saturated rings. The Kier molecular flexibility index (Phi) is 3.60. The van der Waals surface area contributed by atoms with E-state index < -0.39 is 10.0 Å². The molecule has 1 aromatic carbocycles. The molecule has 1 unspecified atom stereocenters. The summed E-state index contributed by atoms with van der Waals surface area (Å²) in [5.41, 5.74) is 1.36. The van der Waals surface area contributed by atoms with E-state index in [0.717, 1.165) is 25.7 Å². The lowest BCUT2D eigenvalue weighted by Gasteiger charge is -2.23. The summed E-state index contributed by atoms with van der Waals surface area (Å²) in [6.07, 6.45) is 3.86. The van der Waals surface area contributed by atoms with Crippen LogP contribution in [0, 0.1) is 0 Å². The molecule has 2 aliphatic carbocycles.